The van der Waals surface area contributed by atoms with Crippen molar-refractivity contribution in [2.45, 2.75) is 51.8 Å². The Morgan fingerprint density at radius 3 is 2.50 bits per heavy atom. The van der Waals surface area contributed by atoms with Crippen LogP contribution in [0.2, 0.25) is 0 Å². The monoisotopic (exact) mass is 455 g/mol. The number of imidazole rings is 1. The number of aromatic nitrogens is 2. The Balaban J connectivity index is 0.000000769. The average Bonchev–Trinajstić information content (AvgIpc) is 3.28. The molecule has 11 nitrogen and oxygen atoms in total. The highest BCUT2D eigenvalue weighted by atomic mass is 16.5. The number of ether oxygens (including phenoxy) is 1. The van der Waals surface area contributed by atoms with Crippen molar-refractivity contribution in [2.75, 3.05) is 39.3 Å². The van der Waals surface area contributed by atoms with E-state index in [1.807, 2.05) is 6.20 Å². The Hall–Kier alpha value is -2.50. The molecule has 2 aliphatic heterocycles. The molecule has 1 unspecified atom stereocenters. The predicted octanol–water partition coefficient (Wildman–Crippen LogP) is 0.639. The highest BCUT2D eigenvalue weighted by Gasteiger charge is 2.25. The second-order valence-electron chi connectivity index (χ2n) is 8.06. The van der Waals surface area contributed by atoms with Gasteiger partial charge in [0.25, 0.3) is 12.9 Å². The minimum absolute atomic E-state index is 0.0290. The Morgan fingerprint density at radius 2 is 1.94 bits per heavy atom. The first-order valence-electron chi connectivity index (χ1n) is 10.9. The van der Waals surface area contributed by atoms with Crippen molar-refractivity contribution in [1.82, 2.24) is 25.1 Å². The summed E-state index contributed by atoms with van der Waals surface area (Å²) in [5.74, 6) is 1.73. The Bertz CT molecular complexity index is 629. The molecule has 1 amide bonds. The van der Waals surface area contributed by atoms with Gasteiger partial charge < -0.3 is 25.3 Å². The summed E-state index contributed by atoms with van der Waals surface area (Å²) in [5, 5.41) is 16.9. The number of morpholine rings is 1. The number of nitrogens with one attached hydrogen (secondary N) is 2. The van der Waals surface area contributed by atoms with Crippen LogP contribution < -0.4 is 5.32 Å². The topological polar surface area (TPSA) is 148 Å². The summed E-state index contributed by atoms with van der Waals surface area (Å²) >= 11 is 0. The fourth-order valence-corrected chi connectivity index (χ4v) is 3.82. The fraction of sp³-hybridized carbons (Fsp3) is 0.714. The third-order valence-corrected chi connectivity index (χ3v) is 5.54. The van der Waals surface area contributed by atoms with Crippen LogP contribution in [0.5, 0.6) is 0 Å². The third kappa shape index (κ3) is 11.2. The summed E-state index contributed by atoms with van der Waals surface area (Å²) < 4.78 is 5.77. The van der Waals surface area contributed by atoms with E-state index in [1.54, 1.807) is 6.20 Å². The van der Waals surface area contributed by atoms with Gasteiger partial charge in [-0.25, -0.2) is 4.98 Å². The molecule has 0 spiro atoms. The van der Waals surface area contributed by atoms with Crippen LogP contribution in [0.15, 0.2) is 12.4 Å². The largest absolute Gasteiger partial charge is 0.483 e. The number of nitrogens with zero attached hydrogens (tertiary/aromatic N) is 3. The molecule has 0 radical (unpaired) electrons. The normalized spacial score (nSPS) is 19.8. The second kappa shape index (κ2) is 16.2. The van der Waals surface area contributed by atoms with Gasteiger partial charge in [0.1, 0.15) is 5.82 Å². The highest BCUT2D eigenvalue weighted by Crippen LogP contribution is 2.18. The molecule has 3 rings (SSSR count). The van der Waals surface area contributed by atoms with Crippen LogP contribution in [0.3, 0.4) is 0 Å². The lowest BCUT2D eigenvalue weighted by atomic mass is 9.96. The van der Waals surface area contributed by atoms with Gasteiger partial charge in [0.05, 0.1) is 25.7 Å². The summed E-state index contributed by atoms with van der Waals surface area (Å²) in [6.07, 6.45) is 6.42. The maximum Gasteiger partial charge on any atom is 0.290 e. The van der Waals surface area contributed by atoms with Gasteiger partial charge in [0, 0.05) is 38.1 Å². The molecule has 1 aromatic rings. The maximum atomic E-state index is 12.3. The first-order chi connectivity index (χ1) is 15.4. The van der Waals surface area contributed by atoms with Gasteiger partial charge in [0.15, 0.2) is 0 Å². The molecule has 2 aliphatic rings. The second-order valence-corrected chi connectivity index (χ2v) is 8.06. The maximum absolute atomic E-state index is 12.3. The molecule has 1 atom stereocenters. The standard InChI is InChI=1S/C19H33N5O2.2CH2O2/c1-15(2)24-9-10-26-17(13-24)11-19(25)22-12-16-3-7-23(8-4-16)14-18-20-5-6-21-18;2*2-1-3/h5-6,15-17H,3-4,7-14H2,1-2H3,(H,20,21)(H,22,25);2*1H,(H,2,3). The predicted molar refractivity (Wildman–Crippen MR) is 118 cm³/mol. The van der Waals surface area contributed by atoms with E-state index in [1.165, 1.54) is 0 Å². The van der Waals surface area contributed by atoms with Crippen molar-refractivity contribution in [2.24, 2.45) is 5.92 Å². The molecule has 2 saturated heterocycles. The lowest BCUT2D eigenvalue weighted by Gasteiger charge is -2.35. The van der Waals surface area contributed by atoms with Crippen molar-refractivity contribution in [3.05, 3.63) is 18.2 Å². The van der Waals surface area contributed by atoms with Crippen LogP contribution >= 0.6 is 0 Å². The quantitative estimate of drug-likeness (QED) is 0.435. The van der Waals surface area contributed by atoms with Crippen molar-refractivity contribution in [3.8, 4) is 0 Å². The molecule has 4 N–H and O–H groups in total. The summed E-state index contributed by atoms with van der Waals surface area (Å²) in [7, 11) is 0. The van der Waals surface area contributed by atoms with E-state index in [4.69, 9.17) is 24.5 Å². The van der Waals surface area contributed by atoms with Crippen LogP contribution in [0.25, 0.3) is 0 Å². The van der Waals surface area contributed by atoms with Gasteiger partial charge in [-0.3, -0.25) is 24.2 Å². The SMILES string of the molecule is CC(C)N1CCOC(CC(=O)NCC2CCN(Cc3ncc[nH]3)CC2)C1.O=CO.O=CO. The minimum Gasteiger partial charge on any atom is -0.483 e. The van der Waals surface area contributed by atoms with E-state index in [9.17, 15) is 4.79 Å². The molecular formula is C21H37N5O6. The number of likely N-dealkylation sites (tertiary alicyclic amines) is 1. The summed E-state index contributed by atoms with van der Waals surface area (Å²) in [6, 6.07) is 0.510. The Kier molecular flexibility index (Phi) is 13.9. The highest BCUT2D eigenvalue weighted by molar-refractivity contribution is 5.76. The zero-order valence-electron chi connectivity index (χ0n) is 19.0. The molecule has 0 aromatic carbocycles. The van der Waals surface area contributed by atoms with Crippen LogP contribution in [0, 0.1) is 5.92 Å². The summed E-state index contributed by atoms with van der Waals surface area (Å²) in [4.78, 5) is 41.3. The van der Waals surface area contributed by atoms with Gasteiger partial charge in [0.2, 0.25) is 5.91 Å². The molecule has 0 aliphatic carbocycles. The van der Waals surface area contributed by atoms with E-state index < -0.39 is 0 Å². The first-order valence-corrected chi connectivity index (χ1v) is 10.9. The van der Waals surface area contributed by atoms with Gasteiger partial charge in [-0.1, -0.05) is 0 Å². The molecule has 32 heavy (non-hydrogen) atoms. The molecule has 182 valence electrons. The smallest absolute Gasteiger partial charge is 0.290 e. The number of amides is 1. The van der Waals surface area contributed by atoms with Gasteiger partial charge in [-0.15, -0.1) is 0 Å². The van der Waals surface area contributed by atoms with Crippen LogP contribution in [0.1, 0.15) is 38.9 Å². The third-order valence-electron chi connectivity index (χ3n) is 5.54. The lowest BCUT2D eigenvalue weighted by Crippen LogP contribution is -2.47. The van der Waals surface area contributed by atoms with Gasteiger partial charge in [-0.2, -0.15) is 0 Å². The first kappa shape index (κ1) is 27.5. The van der Waals surface area contributed by atoms with Crippen LogP contribution in [0.4, 0.5) is 0 Å². The Labute approximate surface area is 189 Å². The number of piperidine rings is 1. The number of rotatable bonds is 7. The number of carbonyl (C=O) groups excluding carboxylic acids is 1. The van der Waals surface area contributed by atoms with E-state index in [0.717, 1.165) is 64.5 Å². The molecule has 3 heterocycles. The number of H-pyrrole nitrogens is 1. The number of hydrogen-bond acceptors (Lipinski definition) is 7. The molecule has 2 fully saturated rings. The Morgan fingerprint density at radius 1 is 1.28 bits per heavy atom. The van der Waals surface area contributed by atoms with E-state index >= 15 is 0 Å². The van der Waals surface area contributed by atoms with Crippen LogP contribution in [-0.2, 0) is 25.7 Å². The average molecular weight is 456 g/mol. The van der Waals surface area contributed by atoms with Crippen molar-refractivity contribution in [3.63, 3.8) is 0 Å². The van der Waals surface area contributed by atoms with E-state index in [2.05, 4.69) is 38.9 Å². The molecule has 11 heteroatoms. The minimum atomic E-state index is -0.250. The molecule has 1 aromatic heterocycles. The van der Waals surface area contributed by atoms with Crippen molar-refractivity contribution in [1.29, 1.82) is 0 Å². The van der Waals surface area contributed by atoms with Crippen LogP contribution in [-0.4, -0.2) is 100 Å². The van der Waals surface area contributed by atoms with E-state index in [-0.39, 0.29) is 25.0 Å². The zero-order valence-corrected chi connectivity index (χ0v) is 19.0. The zero-order chi connectivity index (χ0) is 23.8. The molecule has 0 bridgehead atoms. The van der Waals surface area contributed by atoms with Crippen molar-refractivity contribution < 1.29 is 29.3 Å². The molecule has 0 saturated carbocycles. The number of carbonyl (C=O) groups is 3. The van der Waals surface area contributed by atoms with Crippen molar-refractivity contribution >= 4 is 18.9 Å². The van der Waals surface area contributed by atoms with Gasteiger partial charge in [-0.05, 0) is 45.7 Å². The lowest BCUT2D eigenvalue weighted by molar-refractivity contribution is -0.127. The van der Waals surface area contributed by atoms with Gasteiger partial charge >= 0.3 is 0 Å². The fourth-order valence-electron chi connectivity index (χ4n) is 3.82. The van der Waals surface area contributed by atoms with E-state index in [0.29, 0.717) is 18.4 Å². The number of aromatic amines is 1. The number of hydrogen-bond donors (Lipinski definition) is 4. The number of carboxylic acid groups (broad SMARTS) is 2. The molecular weight excluding hydrogens is 418 g/mol. The summed E-state index contributed by atoms with van der Waals surface area (Å²) in [5.41, 5.74) is 0. The summed E-state index contributed by atoms with van der Waals surface area (Å²) in [6.45, 7) is 10.2.